The van der Waals surface area contributed by atoms with Crippen LogP contribution in [0.3, 0.4) is 0 Å². The molecule has 2 aromatic rings. The summed E-state index contributed by atoms with van der Waals surface area (Å²) < 4.78 is 25.8. The van der Waals surface area contributed by atoms with E-state index in [0.717, 1.165) is 14.5 Å². The van der Waals surface area contributed by atoms with Gasteiger partial charge in [-0.05, 0) is 62.2 Å². The molecule has 0 heterocycles. The van der Waals surface area contributed by atoms with E-state index in [0.29, 0.717) is 22.6 Å². The van der Waals surface area contributed by atoms with Gasteiger partial charge >= 0.3 is 0 Å². The van der Waals surface area contributed by atoms with Crippen LogP contribution in [0.15, 0.2) is 39.3 Å². The highest BCUT2D eigenvalue weighted by molar-refractivity contribution is 9.11. The quantitative estimate of drug-likeness (QED) is 0.509. The molecule has 0 aromatic heterocycles. The van der Waals surface area contributed by atoms with Crippen molar-refractivity contribution < 1.29 is 13.9 Å². The molecule has 0 saturated heterocycles. The SMILES string of the molecule is COc1cc(Br)c(Oc2ccc(F)cc2CBr)cc1Br. The Bertz CT molecular complexity index is 632. The van der Waals surface area contributed by atoms with Crippen molar-refractivity contribution in [1.82, 2.24) is 0 Å². The highest BCUT2D eigenvalue weighted by Gasteiger charge is 2.11. The maximum Gasteiger partial charge on any atom is 0.143 e. The summed E-state index contributed by atoms with van der Waals surface area (Å²) in [5.41, 5.74) is 0.740. The van der Waals surface area contributed by atoms with Crippen molar-refractivity contribution in [3.05, 3.63) is 50.7 Å². The van der Waals surface area contributed by atoms with Crippen LogP contribution in [0.4, 0.5) is 4.39 Å². The Morgan fingerprint density at radius 3 is 2.30 bits per heavy atom. The molecule has 0 bridgehead atoms. The van der Waals surface area contributed by atoms with Crippen LogP contribution in [-0.2, 0) is 5.33 Å². The van der Waals surface area contributed by atoms with Crippen molar-refractivity contribution in [3.63, 3.8) is 0 Å². The fraction of sp³-hybridized carbons (Fsp3) is 0.143. The van der Waals surface area contributed by atoms with Gasteiger partial charge in [-0.3, -0.25) is 0 Å². The molecule has 0 aliphatic rings. The van der Waals surface area contributed by atoms with Crippen LogP contribution in [0.2, 0.25) is 0 Å². The molecule has 2 nitrogen and oxygen atoms in total. The smallest absolute Gasteiger partial charge is 0.143 e. The summed E-state index contributed by atoms with van der Waals surface area (Å²) in [5, 5.41) is 0.509. The van der Waals surface area contributed by atoms with Gasteiger partial charge in [-0.25, -0.2) is 4.39 Å². The van der Waals surface area contributed by atoms with Gasteiger partial charge in [0.2, 0.25) is 0 Å². The second kappa shape index (κ2) is 6.91. The Labute approximate surface area is 141 Å². The van der Waals surface area contributed by atoms with Crippen LogP contribution in [-0.4, -0.2) is 7.11 Å². The largest absolute Gasteiger partial charge is 0.496 e. The van der Waals surface area contributed by atoms with Gasteiger partial charge in [-0.1, -0.05) is 15.9 Å². The molecule has 2 rings (SSSR count). The van der Waals surface area contributed by atoms with Crippen LogP contribution < -0.4 is 9.47 Å². The molecule has 0 fully saturated rings. The predicted molar refractivity (Wildman–Crippen MR) is 87.5 cm³/mol. The second-order valence-corrected chi connectivity index (χ2v) is 6.17. The Kier molecular flexibility index (Phi) is 5.46. The number of hydrogen-bond acceptors (Lipinski definition) is 2. The Balaban J connectivity index is 2.37. The van der Waals surface area contributed by atoms with Gasteiger partial charge < -0.3 is 9.47 Å². The average molecular weight is 469 g/mol. The zero-order valence-electron chi connectivity index (χ0n) is 10.4. The summed E-state index contributed by atoms with van der Waals surface area (Å²) in [4.78, 5) is 0. The van der Waals surface area contributed by atoms with E-state index in [1.807, 2.05) is 0 Å². The van der Waals surface area contributed by atoms with Crippen LogP contribution in [0.25, 0.3) is 0 Å². The topological polar surface area (TPSA) is 18.5 Å². The van der Waals surface area contributed by atoms with Gasteiger partial charge in [-0.2, -0.15) is 0 Å². The summed E-state index contributed by atoms with van der Waals surface area (Å²) in [6.07, 6.45) is 0. The number of methoxy groups -OCH3 is 1. The fourth-order valence-corrected chi connectivity index (χ4v) is 2.94. The van der Waals surface area contributed by atoms with Gasteiger partial charge in [0.1, 0.15) is 23.1 Å². The number of ether oxygens (including phenoxy) is 2. The van der Waals surface area contributed by atoms with E-state index in [4.69, 9.17) is 9.47 Å². The van der Waals surface area contributed by atoms with Gasteiger partial charge in [0, 0.05) is 10.9 Å². The maximum absolute atomic E-state index is 13.2. The Morgan fingerprint density at radius 1 is 1.00 bits per heavy atom. The van der Waals surface area contributed by atoms with Gasteiger partial charge in [0.25, 0.3) is 0 Å². The lowest BCUT2D eigenvalue weighted by Gasteiger charge is -2.13. The van der Waals surface area contributed by atoms with Crippen molar-refractivity contribution in [2.24, 2.45) is 0 Å². The average Bonchev–Trinajstić information content (AvgIpc) is 2.44. The van der Waals surface area contributed by atoms with Crippen molar-refractivity contribution in [1.29, 1.82) is 0 Å². The molecule has 0 saturated carbocycles. The van der Waals surface area contributed by atoms with Gasteiger partial charge in [0.05, 0.1) is 16.1 Å². The third-order valence-electron chi connectivity index (χ3n) is 2.59. The minimum absolute atomic E-state index is 0.290. The van der Waals surface area contributed by atoms with Gasteiger partial charge in [0.15, 0.2) is 0 Å². The zero-order chi connectivity index (χ0) is 14.7. The van der Waals surface area contributed by atoms with Crippen LogP contribution in [0.5, 0.6) is 17.2 Å². The summed E-state index contributed by atoms with van der Waals surface area (Å²) in [7, 11) is 1.59. The molecule has 0 spiro atoms. The summed E-state index contributed by atoms with van der Waals surface area (Å²) in [6, 6.07) is 8.02. The monoisotopic (exact) mass is 466 g/mol. The minimum atomic E-state index is -0.290. The van der Waals surface area contributed by atoms with E-state index in [1.54, 1.807) is 25.3 Å². The number of hydrogen-bond donors (Lipinski definition) is 0. The first kappa shape index (κ1) is 15.8. The van der Waals surface area contributed by atoms with E-state index in [1.165, 1.54) is 12.1 Å². The molecule has 20 heavy (non-hydrogen) atoms. The summed E-state index contributed by atoms with van der Waals surface area (Å²) >= 11 is 10.2. The summed E-state index contributed by atoms with van der Waals surface area (Å²) in [5.74, 6) is 1.62. The molecular weight excluding hydrogens is 459 g/mol. The third-order valence-corrected chi connectivity index (χ3v) is 4.44. The molecular formula is C14H10Br3FO2. The molecule has 0 aliphatic carbocycles. The normalized spacial score (nSPS) is 10.4. The molecule has 0 amide bonds. The standard InChI is InChI=1S/C14H10Br3FO2/c1-19-13-5-11(17)14(6-10(13)16)20-12-3-2-9(18)4-8(12)7-15/h2-6H,7H2,1H3. The lowest BCUT2D eigenvalue weighted by atomic mass is 10.2. The molecule has 0 radical (unpaired) electrons. The zero-order valence-corrected chi connectivity index (χ0v) is 15.2. The predicted octanol–water partition coefficient (Wildman–Crippen LogP) is 6.05. The molecule has 0 aliphatic heterocycles. The Morgan fingerprint density at radius 2 is 1.65 bits per heavy atom. The number of benzene rings is 2. The van der Waals surface area contributed by atoms with E-state index >= 15 is 0 Å². The first-order valence-corrected chi connectivity index (χ1v) is 8.31. The minimum Gasteiger partial charge on any atom is -0.496 e. The highest BCUT2D eigenvalue weighted by atomic mass is 79.9. The molecule has 0 N–H and O–H groups in total. The van der Waals surface area contributed by atoms with E-state index in [9.17, 15) is 4.39 Å². The Hall–Kier alpha value is -0.590. The van der Waals surface area contributed by atoms with Crippen molar-refractivity contribution in [3.8, 4) is 17.2 Å². The lowest BCUT2D eigenvalue weighted by molar-refractivity contribution is 0.409. The van der Waals surface area contributed by atoms with E-state index < -0.39 is 0 Å². The fourth-order valence-electron chi connectivity index (χ4n) is 1.62. The maximum atomic E-state index is 13.2. The number of alkyl halides is 1. The number of rotatable bonds is 4. The van der Waals surface area contributed by atoms with Crippen LogP contribution in [0.1, 0.15) is 5.56 Å². The van der Waals surface area contributed by atoms with Crippen molar-refractivity contribution in [2.45, 2.75) is 5.33 Å². The molecule has 0 atom stereocenters. The molecule has 2 aromatic carbocycles. The summed E-state index contributed by atoms with van der Waals surface area (Å²) in [6.45, 7) is 0. The highest BCUT2D eigenvalue weighted by Crippen LogP contribution is 2.39. The first-order chi connectivity index (χ1) is 9.55. The first-order valence-electron chi connectivity index (χ1n) is 5.60. The third kappa shape index (κ3) is 3.54. The molecule has 0 unspecified atom stereocenters. The molecule has 6 heteroatoms. The van der Waals surface area contributed by atoms with Crippen LogP contribution in [0, 0.1) is 5.82 Å². The van der Waals surface area contributed by atoms with E-state index in [2.05, 4.69) is 47.8 Å². The van der Waals surface area contributed by atoms with Gasteiger partial charge in [-0.15, -0.1) is 0 Å². The lowest BCUT2D eigenvalue weighted by Crippen LogP contribution is -1.93. The van der Waals surface area contributed by atoms with Crippen molar-refractivity contribution >= 4 is 47.8 Å². The van der Waals surface area contributed by atoms with Crippen LogP contribution >= 0.6 is 47.8 Å². The number of halogens is 4. The second-order valence-electron chi connectivity index (χ2n) is 3.90. The molecule has 106 valence electrons. The van der Waals surface area contributed by atoms with E-state index in [-0.39, 0.29) is 5.82 Å². The van der Waals surface area contributed by atoms with Crippen molar-refractivity contribution in [2.75, 3.05) is 7.11 Å².